The number of aromatic nitrogens is 4. The Morgan fingerprint density at radius 3 is 2.83 bits per heavy atom. The van der Waals surface area contributed by atoms with Crippen molar-refractivity contribution in [1.29, 1.82) is 0 Å². The Morgan fingerprint density at radius 1 is 1.39 bits per heavy atom. The summed E-state index contributed by atoms with van der Waals surface area (Å²) in [6.45, 7) is 1.69. The van der Waals surface area contributed by atoms with Gasteiger partial charge in [-0.25, -0.2) is 9.18 Å². The molecule has 1 aliphatic carbocycles. The molecular weight excluding hydrogens is 299 g/mol. The number of aryl methyl sites for hydroxylation is 1. The SMILES string of the molecule is Cc1nnnn1-c1ccc(/C=C/C(=O)OC2CCCC2)cc1F. The zero-order valence-corrected chi connectivity index (χ0v) is 12.8. The van der Waals surface area contributed by atoms with Crippen LogP contribution in [0.2, 0.25) is 0 Å². The fraction of sp³-hybridized carbons (Fsp3) is 0.375. The van der Waals surface area contributed by atoms with Crippen LogP contribution in [0.4, 0.5) is 4.39 Å². The molecule has 1 fully saturated rings. The number of benzene rings is 1. The van der Waals surface area contributed by atoms with Crippen molar-refractivity contribution in [2.24, 2.45) is 0 Å². The Hall–Kier alpha value is -2.57. The van der Waals surface area contributed by atoms with Crippen LogP contribution < -0.4 is 0 Å². The summed E-state index contributed by atoms with van der Waals surface area (Å²) in [4.78, 5) is 11.7. The van der Waals surface area contributed by atoms with Gasteiger partial charge in [0.1, 0.15) is 17.6 Å². The molecule has 23 heavy (non-hydrogen) atoms. The first-order valence-electron chi connectivity index (χ1n) is 7.57. The molecule has 0 spiro atoms. The number of hydrogen-bond acceptors (Lipinski definition) is 5. The second-order valence-electron chi connectivity index (χ2n) is 5.53. The van der Waals surface area contributed by atoms with E-state index in [0.717, 1.165) is 25.7 Å². The summed E-state index contributed by atoms with van der Waals surface area (Å²) in [6, 6.07) is 4.59. The fourth-order valence-corrected chi connectivity index (χ4v) is 2.63. The van der Waals surface area contributed by atoms with E-state index in [0.29, 0.717) is 11.4 Å². The van der Waals surface area contributed by atoms with E-state index >= 15 is 0 Å². The van der Waals surface area contributed by atoms with Gasteiger partial charge in [-0.05, 0) is 66.8 Å². The zero-order chi connectivity index (χ0) is 16.2. The number of hydrogen-bond donors (Lipinski definition) is 0. The van der Waals surface area contributed by atoms with Crippen LogP contribution in [0.1, 0.15) is 37.1 Å². The van der Waals surface area contributed by atoms with Crippen molar-refractivity contribution in [2.75, 3.05) is 0 Å². The molecule has 0 unspecified atom stereocenters. The first-order valence-corrected chi connectivity index (χ1v) is 7.57. The van der Waals surface area contributed by atoms with E-state index in [1.54, 1.807) is 19.1 Å². The number of rotatable bonds is 4. The van der Waals surface area contributed by atoms with E-state index in [4.69, 9.17) is 4.74 Å². The van der Waals surface area contributed by atoms with E-state index in [9.17, 15) is 9.18 Å². The zero-order valence-electron chi connectivity index (χ0n) is 12.8. The van der Waals surface area contributed by atoms with Crippen molar-refractivity contribution in [3.8, 4) is 5.69 Å². The fourth-order valence-electron chi connectivity index (χ4n) is 2.63. The Morgan fingerprint density at radius 2 is 2.17 bits per heavy atom. The van der Waals surface area contributed by atoms with Crippen LogP contribution in [0, 0.1) is 12.7 Å². The third-order valence-corrected chi connectivity index (χ3v) is 3.82. The van der Waals surface area contributed by atoms with Crippen LogP contribution >= 0.6 is 0 Å². The van der Waals surface area contributed by atoms with Crippen LogP contribution in [0.5, 0.6) is 0 Å². The molecule has 1 heterocycles. The monoisotopic (exact) mass is 316 g/mol. The average molecular weight is 316 g/mol. The van der Waals surface area contributed by atoms with E-state index in [2.05, 4.69) is 15.5 Å². The third kappa shape index (κ3) is 3.61. The normalized spacial score (nSPS) is 15.4. The predicted octanol–water partition coefficient (Wildman–Crippen LogP) is 2.61. The maximum absolute atomic E-state index is 14.2. The molecule has 6 nitrogen and oxygen atoms in total. The predicted molar refractivity (Wildman–Crippen MR) is 81.2 cm³/mol. The van der Waals surface area contributed by atoms with Crippen molar-refractivity contribution in [1.82, 2.24) is 20.2 Å². The van der Waals surface area contributed by atoms with Crippen molar-refractivity contribution >= 4 is 12.0 Å². The lowest BCUT2D eigenvalue weighted by Crippen LogP contribution is -2.12. The smallest absolute Gasteiger partial charge is 0.331 e. The number of esters is 1. The summed E-state index contributed by atoms with van der Waals surface area (Å²) in [5, 5.41) is 10.9. The maximum Gasteiger partial charge on any atom is 0.331 e. The van der Waals surface area contributed by atoms with Gasteiger partial charge < -0.3 is 4.74 Å². The van der Waals surface area contributed by atoms with E-state index < -0.39 is 11.8 Å². The second-order valence-corrected chi connectivity index (χ2v) is 5.53. The first-order chi connectivity index (χ1) is 11.1. The molecule has 0 bridgehead atoms. The van der Waals surface area contributed by atoms with Crippen molar-refractivity contribution in [2.45, 2.75) is 38.7 Å². The molecule has 1 aliphatic rings. The summed E-state index contributed by atoms with van der Waals surface area (Å²) in [5.41, 5.74) is 0.832. The Kier molecular flexibility index (Phi) is 4.45. The molecule has 1 aromatic heterocycles. The Bertz CT molecular complexity index is 735. The summed E-state index contributed by atoms with van der Waals surface area (Å²) in [5.74, 6) is -0.364. The van der Waals surface area contributed by atoms with E-state index in [1.807, 2.05) is 0 Å². The molecule has 2 aromatic rings. The van der Waals surface area contributed by atoms with Gasteiger partial charge in [0.2, 0.25) is 0 Å². The molecule has 7 heteroatoms. The van der Waals surface area contributed by atoms with Gasteiger partial charge in [0, 0.05) is 6.08 Å². The highest BCUT2D eigenvalue weighted by Gasteiger charge is 2.17. The first kappa shape index (κ1) is 15.3. The van der Waals surface area contributed by atoms with Crippen LogP contribution in [0.15, 0.2) is 24.3 Å². The summed E-state index contributed by atoms with van der Waals surface area (Å²) in [6.07, 6.45) is 6.94. The molecule has 0 aliphatic heterocycles. The second kappa shape index (κ2) is 6.68. The standard InChI is InChI=1S/C16H17FN4O2/c1-11-18-19-20-21(11)15-8-6-12(10-14(15)17)7-9-16(22)23-13-4-2-3-5-13/h6-10,13H,2-5H2,1H3/b9-7+. The van der Waals surface area contributed by atoms with Crippen LogP contribution in [0.25, 0.3) is 11.8 Å². The topological polar surface area (TPSA) is 69.9 Å². The van der Waals surface area contributed by atoms with Gasteiger partial charge in [-0.15, -0.1) is 5.10 Å². The minimum absolute atomic E-state index is 0.0223. The lowest BCUT2D eigenvalue weighted by Gasteiger charge is -2.08. The summed E-state index contributed by atoms with van der Waals surface area (Å²) in [7, 11) is 0. The highest BCUT2D eigenvalue weighted by Crippen LogP contribution is 2.21. The Labute approximate surface area is 133 Å². The number of halogens is 1. The van der Waals surface area contributed by atoms with Crippen molar-refractivity contribution < 1.29 is 13.9 Å². The molecule has 0 radical (unpaired) electrons. The molecule has 120 valence electrons. The molecule has 0 amide bonds. The minimum atomic E-state index is -0.466. The van der Waals surface area contributed by atoms with Gasteiger partial charge in [0.15, 0.2) is 5.82 Å². The summed E-state index contributed by atoms with van der Waals surface area (Å²) >= 11 is 0. The summed E-state index contributed by atoms with van der Waals surface area (Å²) < 4.78 is 20.8. The number of nitrogens with zero attached hydrogens (tertiary/aromatic N) is 4. The number of tetrazole rings is 1. The van der Waals surface area contributed by atoms with Gasteiger partial charge in [-0.1, -0.05) is 6.07 Å². The van der Waals surface area contributed by atoms with Gasteiger partial charge in [-0.2, -0.15) is 4.68 Å². The average Bonchev–Trinajstić information content (AvgIpc) is 3.17. The van der Waals surface area contributed by atoms with Gasteiger partial charge in [-0.3, -0.25) is 0 Å². The minimum Gasteiger partial charge on any atom is -0.459 e. The van der Waals surface area contributed by atoms with Crippen molar-refractivity contribution in [3.05, 3.63) is 41.5 Å². The highest BCUT2D eigenvalue weighted by atomic mass is 19.1. The molecule has 3 rings (SSSR count). The molecular formula is C16H17FN4O2. The Balaban J connectivity index is 1.69. The lowest BCUT2D eigenvalue weighted by molar-refractivity contribution is -0.142. The largest absolute Gasteiger partial charge is 0.459 e. The highest BCUT2D eigenvalue weighted by molar-refractivity contribution is 5.87. The molecule has 0 N–H and O–H groups in total. The van der Waals surface area contributed by atoms with E-state index in [1.165, 1.54) is 22.9 Å². The molecule has 0 saturated heterocycles. The third-order valence-electron chi connectivity index (χ3n) is 3.82. The number of ether oxygens (including phenoxy) is 1. The van der Waals surface area contributed by atoms with Crippen LogP contribution in [-0.4, -0.2) is 32.3 Å². The van der Waals surface area contributed by atoms with Gasteiger partial charge >= 0.3 is 5.97 Å². The number of carbonyl (C=O) groups excluding carboxylic acids is 1. The van der Waals surface area contributed by atoms with Gasteiger partial charge in [0.05, 0.1) is 0 Å². The van der Waals surface area contributed by atoms with Gasteiger partial charge in [0.25, 0.3) is 0 Å². The van der Waals surface area contributed by atoms with Crippen LogP contribution in [-0.2, 0) is 9.53 Å². The van der Waals surface area contributed by atoms with E-state index in [-0.39, 0.29) is 11.8 Å². The quantitative estimate of drug-likeness (QED) is 0.640. The molecule has 1 saturated carbocycles. The molecule has 0 atom stereocenters. The van der Waals surface area contributed by atoms with Crippen molar-refractivity contribution in [3.63, 3.8) is 0 Å². The lowest BCUT2D eigenvalue weighted by atomic mass is 10.2. The van der Waals surface area contributed by atoms with Crippen LogP contribution in [0.3, 0.4) is 0 Å². The maximum atomic E-state index is 14.2. The number of carbonyl (C=O) groups is 1. The molecule has 1 aromatic carbocycles.